The lowest BCUT2D eigenvalue weighted by atomic mass is 10.1. The van der Waals surface area contributed by atoms with E-state index in [0.29, 0.717) is 6.42 Å². The number of halogens is 2. The molecule has 1 aromatic carbocycles. The van der Waals surface area contributed by atoms with E-state index in [2.05, 4.69) is 0 Å². The second-order valence-electron chi connectivity index (χ2n) is 6.57. The van der Waals surface area contributed by atoms with Gasteiger partial charge in [-0.25, -0.2) is 13.6 Å². The van der Waals surface area contributed by atoms with Crippen LogP contribution in [0.2, 0.25) is 0 Å². The zero-order valence-corrected chi connectivity index (χ0v) is 14.4. The minimum absolute atomic E-state index is 0.174. The third-order valence-electron chi connectivity index (χ3n) is 4.88. The van der Waals surface area contributed by atoms with Crippen LogP contribution in [0.15, 0.2) is 11.0 Å². The maximum absolute atomic E-state index is 15.3. The number of hydrogen-bond donors (Lipinski definition) is 3. The van der Waals surface area contributed by atoms with Gasteiger partial charge in [-0.1, -0.05) is 0 Å². The molecule has 0 spiro atoms. The maximum atomic E-state index is 15.3. The molecule has 0 aliphatic carbocycles. The van der Waals surface area contributed by atoms with Crippen molar-refractivity contribution in [1.29, 1.82) is 0 Å². The highest BCUT2D eigenvalue weighted by Gasteiger charge is 2.34. The summed E-state index contributed by atoms with van der Waals surface area (Å²) in [6.45, 7) is 3.88. The zero-order valence-electron chi connectivity index (χ0n) is 14.4. The van der Waals surface area contributed by atoms with Gasteiger partial charge in [0.25, 0.3) is 0 Å². The summed E-state index contributed by atoms with van der Waals surface area (Å²) in [7, 11) is 0. The van der Waals surface area contributed by atoms with Crippen molar-refractivity contribution in [2.75, 3.05) is 17.2 Å². The molecule has 1 aromatic heterocycles. The Balaban J connectivity index is 2.44. The topological polar surface area (TPSA) is 115 Å². The molecule has 0 saturated carbocycles. The quantitative estimate of drug-likeness (QED) is 0.710. The number of anilines is 2. The van der Waals surface area contributed by atoms with E-state index in [0.717, 1.165) is 6.20 Å². The van der Waals surface area contributed by atoms with Crippen LogP contribution in [0.5, 0.6) is 0 Å². The third-order valence-corrected chi connectivity index (χ3v) is 4.88. The minimum Gasteiger partial charge on any atom is -0.477 e. The first-order chi connectivity index (χ1) is 12.2. The first-order valence-corrected chi connectivity index (χ1v) is 8.28. The molecule has 26 heavy (non-hydrogen) atoms. The SMILES string of the molecule is CCn1cc(C(=O)O)c(=O)c2c(N)c(F)c(N3CC(N)CC3C)c(F)c21. The van der Waals surface area contributed by atoms with Crippen molar-refractivity contribution in [3.8, 4) is 0 Å². The van der Waals surface area contributed by atoms with Gasteiger partial charge in [-0.2, -0.15) is 0 Å². The number of aromatic nitrogens is 1. The van der Waals surface area contributed by atoms with Crippen LogP contribution in [-0.4, -0.2) is 34.3 Å². The minimum atomic E-state index is -1.48. The monoisotopic (exact) mass is 366 g/mol. The summed E-state index contributed by atoms with van der Waals surface area (Å²) in [5, 5.41) is 8.75. The average Bonchev–Trinajstić information content (AvgIpc) is 2.90. The number of pyridine rings is 1. The van der Waals surface area contributed by atoms with Crippen LogP contribution in [-0.2, 0) is 6.54 Å². The number of nitrogens with two attached hydrogens (primary N) is 2. The molecule has 140 valence electrons. The number of nitrogens with zero attached hydrogens (tertiary/aromatic N) is 2. The largest absolute Gasteiger partial charge is 0.477 e. The number of carbonyl (C=O) groups is 1. The van der Waals surface area contributed by atoms with Gasteiger partial charge in [0, 0.05) is 31.4 Å². The molecule has 1 aliphatic heterocycles. The summed E-state index contributed by atoms with van der Waals surface area (Å²) >= 11 is 0. The van der Waals surface area contributed by atoms with Crippen LogP contribution in [0.3, 0.4) is 0 Å². The Morgan fingerprint density at radius 3 is 2.54 bits per heavy atom. The first kappa shape index (κ1) is 18.1. The highest BCUT2D eigenvalue weighted by molar-refractivity contribution is 5.99. The summed E-state index contributed by atoms with van der Waals surface area (Å²) in [5.41, 5.74) is 9.03. The fourth-order valence-corrected chi connectivity index (χ4v) is 3.63. The molecular formula is C17H20F2N4O3. The van der Waals surface area contributed by atoms with Crippen molar-refractivity contribution < 1.29 is 18.7 Å². The second kappa shape index (κ2) is 6.24. The van der Waals surface area contributed by atoms with Gasteiger partial charge in [-0.05, 0) is 20.3 Å². The van der Waals surface area contributed by atoms with E-state index < -0.39 is 39.7 Å². The fourth-order valence-electron chi connectivity index (χ4n) is 3.63. The molecular weight excluding hydrogens is 346 g/mol. The van der Waals surface area contributed by atoms with E-state index in [4.69, 9.17) is 11.5 Å². The van der Waals surface area contributed by atoms with Crippen molar-refractivity contribution in [3.05, 3.63) is 33.6 Å². The highest BCUT2D eigenvalue weighted by atomic mass is 19.1. The van der Waals surface area contributed by atoms with E-state index in [9.17, 15) is 19.1 Å². The second-order valence-corrected chi connectivity index (χ2v) is 6.57. The number of hydrogen-bond acceptors (Lipinski definition) is 5. The van der Waals surface area contributed by atoms with Crippen LogP contribution in [0.4, 0.5) is 20.2 Å². The lowest BCUT2D eigenvalue weighted by Crippen LogP contribution is -2.32. The molecule has 9 heteroatoms. The molecule has 0 bridgehead atoms. The average molecular weight is 366 g/mol. The van der Waals surface area contributed by atoms with Crippen LogP contribution < -0.4 is 21.8 Å². The van der Waals surface area contributed by atoms with Crippen molar-refractivity contribution in [1.82, 2.24) is 4.57 Å². The van der Waals surface area contributed by atoms with E-state index in [1.54, 1.807) is 13.8 Å². The van der Waals surface area contributed by atoms with Gasteiger partial charge in [0.1, 0.15) is 11.3 Å². The fraction of sp³-hybridized carbons (Fsp3) is 0.412. The number of fused-ring (bicyclic) bond motifs is 1. The number of carboxylic acid groups (broad SMARTS) is 1. The van der Waals surface area contributed by atoms with Gasteiger partial charge in [-0.15, -0.1) is 0 Å². The van der Waals surface area contributed by atoms with Crippen LogP contribution in [0, 0.1) is 11.6 Å². The molecule has 2 atom stereocenters. The zero-order chi connectivity index (χ0) is 19.3. The number of benzene rings is 1. The Morgan fingerprint density at radius 1 is 1.38 bits per heavy atom. The standard InChI is InChI=1S/C17H20F2N4O3/c1-3-22-6-9(17(25)26)16(24)10-13(21)11(18)15(12(19)14(10)22)23-5-8(20)4-7(23)2/h6-8H,3-5,20-21H2,1-2H3,(H,25,26). The number of nitrogen functional groups attached to an aromatic ring is 1. The molecule has 7 nitrogen and oxygen atoms in total. The summed E-state index contributed by atoms with van der Waals surface area (Å²) in [6.07, 6.45) is 1.62. The van der Waals surface area contributed by atoms with E-state index in [1.165, 1.54) is 9.47 Å². The molecule has 5 N–H and O–H groups in total. The van der Waals surface area contributed by atoms with Crippen molar-refractivity contribution in [3.63, 3.8) is 0 Å². The smallest absolute Gasteiger partial charge is 0.341 e. The van der Waals surface area contributed by atoms with E-state index in [1.807, 2.05) is 0 Å². The van der Waals surface area contributed by atoms with Crippen molar-refractivity contribution >= 4 is 28.2 Å². The molecule has 0 amide bonds. The van der Waals surface area contributed by atoms with Gasteiger partial charge < -0.3 is 26.0 Å². The number of aromatic carboxylic acids is 1. The van der Waals surface area contributed by atoms with Crippen molar-refractivity contribution in [2.24, 2.45) is 5.73 Å². The van der Waals surface area contributed by atoms with Gasteiger partial charge >= 0.3 is 5.97 Å². The summed E-state index contributed by atoms with van der Waals surface area (Å²) < 4.78 is 31.5. The van der Waals surface area contributed by atoms with Gasteiger partial charge in [0.05, 0.1) is 16.6 Å². The van der Waals surface area contributed by atoms with Crippen LogP contribution >= 0.6 is 0 Å². The number of rotatable bonds is 3. The Labute approximate surface area is 147 Å². The van der Waals surface area contributed by atoms with E-state index >= 15 is 4.39 Å². The van der Waals surface area contributed by atoms with Crippen LogP contribution in [0.1, 0.15) is 30.6 Å². The first-order valence-electron chi connectivity index (χ1n) is 8.28. The summed E-state index contributed by atoms with van der Waals surface area (Å²) in [6, 6.07) is -0.436. The van der Waals surface area contributed by atoms with Crippen LogP contribution in [0.25, 0.3) is 10.9 Å². The Bertz CT molecular complexity index is 973. The molecule has 2 unspecified atom stereocenters. The molecule has 0 radical (unpaired) electrons. The lowest BCUT2D eigenvalue weighted by molar-refractivity contribution is 0.0695. The normalized spacial score (nSPS) is 20.1. The molecule has 1 fully saturated rings. The van der Waals surface area contributed by atoms with Crippen molar-refractivity contribution in [2.45, 2.75) is 38.9 Å². The molecule has 1 aliphatic rings. The Morgan fingerprint density at radius 2 is 2.04 bits per heavy atom. The highest BCUT2D eigenvalue weighted by Crippen LogP contribution is 2.37. The lowest BCUT2D eigenvalue weighted by Gasteiger charge is -2.26. The Hall–Kier alpha value is -2.68. The summed E-state index contributed by atoms with van der Waals surface area (Å²) in [4.78, 5) is 25.3. The predicted octanol–water partition coefficient (Wildman–Crippen LogP) is 1.51. The maximum Gasteiger partial charge on any atom is 0.341 e. The molecule has 1 saturated heterocycles. The number of carboxylic acids is 1. The molecule has 2 heterocycles. The van der Waals surface area contributed by atoms with E-state index in [-0.39, 0.29) is 36.4 Å². The summed E-state index contributed by atoms with van der Waals surface area (Å²) in [5.74, 6) is -3.50. The predicted molar refractivity (Wildman–Crippen MR) is 94.6 cm³/mol. The Kier molecular flexibility index (Phi) is 4.35. The molecule has 3 rings (SSSR count). The van der Waals surface area contributed by atoms with Gasteiger partial charge in [-0.3, -0.25) is 4.79 Å². The third kappa shape index (κ3) is 2.50. The number of aryl methyl sites for hydroxylation is 1. The van der Waals surface area contributed by atoms with Gasteiger partial charge in [0.15, 0.2) is 11.6 Å². The molecule has 2 aromatic rings. The van der Waals surface area contributed by atoms with Gasteiger partial charge in [0.2, 0.25) is 5.43 Å².